The predicted octanol–water partition coefficient (Wildman–Crippen LogP) is 2.33. The van der Waals surface area contributed by atoms with Crippen molar-refractivity contribution in [2.45, 2.75) is 32.1 Å². The normalized spacial score (nSPS) is 14.0. The quantitative estimate of drug-likeness (QED) is 0.576. The van der Waals surface area contributed by atoms with E-state index in [4.69, 9.17) is 4.74 Å². The molecule has 2 N–H and O–H groups in total. The van der Waals surface area contributed by atoms with E-state index in [1.807, 2.05) is 0 Å². The average Bonchev–Trinajstić information content (AvgIpc) is 3.42. The maximum Gasteiger partial charge on any atom is 0.286 e. The van der Waals surface area contributed by atoms with Gasteiger partial charge in [0.25, 0.3) is 5.91 Å². The zero-order chi connectivity index (χ0) is 20.5. The number of hydrogen-bond acceptors (Lipinski definition) is 7. The predicted molar refractivity (Wildman–Crippen MR) is 112 cm³/mol. The van der Waals surface area contributed by atoms with E-state index in [0.29, 0.717) is 30.1 Å². The molecular formula is C20H27N5O3S. The molecule has 0 saturated carbocycles. The highest BCUT2D eigenvalue weighted by molar-refractivity contribution is 7.13. The van der Waals surface area contributed by atoms with Crippen LogP contribution in [-0.4, -0.2) is 60.2 Å². The number of aryl methyl sites for hydroxylation is 1. The Hall–Kier alpha value is -2.52. The van der Waals surface area contributed by atoms with Gasteiger partial charge in [-0.2, -0.15) is 0 Å². The monoisotopic (exact) mass is 417 g/mol. The summed E-state index contributed by atoms with van der Waals surface area (Å²) in [5, 5.41) is 14.6. The molecule has 0 bridgehead atoms. The molecule has 9 heteroatoms. The minimum atomic E-state index is -0.315. The van der Waals surface area contributed by atoms with Crippen LogP contribution < -0.4 is 15.4 Å². The lowest BCUT2D eigenvalue weighted by Crippen LogP contribution is -2.28. The number of likely N-dealkylation sites (tertiary alicyclic amines) is 1. The van der Waals surface area contributed by atoms with Crippen LogP contribution in [-0.2, 0) is 11.2 Å². The molecule has 8 nitrogen and oxygen atoms in total. The molecule has 0 radical (unpaired) electrons. The van der Waals surface area contributed by atoms with Crippen LogP contribution in [0, 0.1) is 0 Å². The number of ether oxygens (including phenoxy) is 1. The number of benzene rings is 1. The molecule has 0 spiro atoms. The van der Waals surface area contributed by atoms with Crippen LogP contribution >= 0.6 is 11.3 Å². The summed E-state index contributed by atoms with van der Waals surface area (Å²) < 4.78 is 5.09. The summed E-state index contributed by atoms with van der Waals surface area (Å²) in [6.45, 7) is 4.10. The fraction of sp³-hybridized carbons (Fsp3) is 0.500. The molecule has 3 rings (SSSR count). The van der Waals surface area contributed by atoms with E-state index in [1.54, 1.807) is 31.4 Å². The molecule has 1 aromatic heterocycles. The van der Waals surface area contributed by atoms with Gasteiger partial charge in [-0.05, 0) is 63.2 Å². The van der Waals surface area contributed by atoms with Gasteiger partial charge in [0.05, 0.1) is 7.11 Å². The maximum absolute atomic E-state index is 12.3. The van der Waals surface area contributed by atoms with Crippen LogP contribution in [0.25, 0.3) is 0 Å². The second kappa shape index (κ2) is 10.9. The maximum atomic E-state index is 12.3. The number of methoxy groups -OCH3 is 1. The molecule has 0 atom stereocenters. The molecule has 29 heavy (non-hydrogen) atoms. The molecule has 0 unspecified atom stereocenters. The van der Waals surface area contributed by atoms with Gasteiger partial charge in [-0.3, -0.25) is 9.59 Å². The van der Waals surface area contributed by atoms with Crippen LogP contribution in [0.3, 0.4) is 0 Å². The van der Waals surface area contributed by atoms with Gasteiger partial charge in [-0.15, -0.1) is 10.2 Å². The van der Waals surface area contributed by atoms with E-state index in [-0.39, 0.29) is 16.8 Å². The van der Waals surface area contributed by atoms with Crippen molar-refractivity contribution in [1.29, 1.82) is 0 Å². The van der Waals surface area contributed by atoms with Crippen molar-refractivity contribution in [2.24, 2.45) is 0 Å². The molecule has 1 aliphatic rings. The lowest BCUT2D eigenvalue weighted by Gasteiger charge is -2.14. The summed E-state index contributed by atoms with van der Waals surface area (Å²) >= 11 is 1.21. The minimum Gasteiger partial charge on any atom is -0.497 e. The number of amides is 2. The van der Waals surface area contributed by atoms with Crippen LogP contribution in [0.15, 0.2) is 24.3 Å². The SMILES string of the molecule is COc1ccc(NC(=O)c2nnc(CCC(=O)NCCCN3CCCC3)s2)cc1. The van der Waals surface area contributed by atoms with E-state index in [0.717, 1.165) is 18.7 Å². The van der Waals surface area contributed by atoms with Crippen LogP contribution in [0.5, 0.6) is 5.75 Å². The van der Waals surface area contributed by atoms with E-state index in [9.17, 15) is 9.59 Å². The fourth-order valence-corrected chi connectivity index (χ4v) is 3.89. The van der Waals surface area contributed by atoms with Gasteiger partial charge in [0.15, 0.2) is 0 Å². The third-order valence-electron chi connectivity index (χ3n) is 4.75. The summed E-state index contributed by atoms with van der Waals surface area (Å²) in [7, 11) is 1.59. The highest BCUT2D eigenvalue weighted by atomic mass is 32.1. The topological polar surface area (TPSA) is 96.5 Å². The summed E-state index contributed by atoms with van der Waals surface area (Å²) in [6, 6.07) is 7.05. The first-order valence-electron chi connectivity index (χ1n) is 9.91. The molecule has 2 aromatic rings. The second-order valence-electron chi connectivity index (χ2n) is 6.94. The third-order valence-corrected chi connectivity index (χ3v) is 5.73. The Morgan fingerprint density at radius 3 is 2.66 bits per heavy atom. The number of anilines is 1. The molecular weight excluding hydrogens is 390 g/mol. The second-order valence-corrected chi connectivity index (χ2v) is 8.00. The van der Waals surface area contributed by atoms with Crippen LogP contribution in [0.2, 0.25) is 0 Å². The standard InChI is InChI=1S/C20H27N5O3S/c1-28-16-7-5-15(6-8-16)22-19(27)20-24-23-18(29-20)10-9-17(26)21-11-4-14-25-12-2-3-13-25/h5-8H,2-4,9-14H2,1H3,(H,21,26)(H,22,27). The molecule has 1 aliphatic heterocycles. The van der Waals surface area contributed by atoms with Gasteiger partial charge in [-0.1, -0.05) is 11.3 Å². The Labute approximate surface area is 174 Å². The van der Waals surface area contributed by atoms with Gasteiger partial charge in [0.2, 0.25) is 10.9 Å². The van der Waals surface area contributed by atoms with Crippen molar-refractivity contribution in [2.75, 3.05) is 38.6 Å². The van der Waals surface area contributed by atoms with Crippen molar-refractivity contribution >= 4 is 28.8 Å². The van der Waals surface area contributed by atoms with E-state index < -0.39 is 0 Å². The van der Waals surface area contributed by atoms with E-state index >= 15 is 0 Å². The Morgan fingerprint density at radius 1 is 1.17 bits per heavy atom. The molecule has 1 saturated heterocycles. The molecule has 1 aromatic carbocycles. The van der Waals surface area contributed by atoms with Crippen LogP contribution in [0.4, 0.5) is 5.69 Å². The largest absolute Gasteiger partial charge is 0.497 e. The lowest BCUT2D eigenvalue weighted by atomic mass is 10.3. The van der Waals surface area contributed by atoms with E-state index in [2.05, 4.69) is 25.7 Å². The first-order valence-corrected chi connectivity index (χ1v) is 10.7. The Bertz CT molecular complexity index is 803. The lowest BCUT2D eigenvalue weighted by molar-refractivity contribution is -0.121. The zero-order valence-corrected chi connectivity index (χ0v) is 17.5. The average molecular weight is 418 g/mol. The van der Waals surface area contributed by atoms with Crippen LogP contribution in [0.1, 0.15) is 40.5 Å². The van der Waals surface area contributed by atoms with Gasteiger partial charge in [-0.25, -0.2) is 0 Å². The smallest absolute Gasteiger partial charge is 0.286 e. The van der Waals surface area contributed by atoms with Crippen molar-refractivity contribution < 1.29 is 14.3 Å². The molecule has 1 fully saturated rings. The van der Waals surface area contributed by atoms with Gasteiger partial charge >= 0.3 is 0 Å². The molecule has 2 heterocycles. The van der Waals surface area contributed by atoms with Gasteiger partial charge in [0.1, 0.15) is 10.8 Å². The summed E-state index contributed by atoms with van der Waals surface area (Å²) in [5.41, 5.74) is 0.654. The van der Waals surface area contributed by atoms with Crippen molar-refractivity contribution in [3.8, 4) is 5.75 Å². The number of rotatable bonds is 10. The summed E-state index contributed by atoms with van der Waals surface area (Å²) in [4.78, 5) is 26.7. The highest BCUT2D eigenvalue weighted by Crippen LogP contribution is 2.17. The van der Waals surface area contributed by atoms with Gasteiger partial charge < -0.3 is 20.3 Å². The minimum absolute atomic E-state index is 0.00542. The van der Waals surface area contributed by atoms with Crippen molar-refractivity contribution in [3.63, 3.8) is 0 Å². The molecule has 2 amide bonds. The first-order chi connectivity index (χ1) is 14.1. The number of carbonyl (C=O) groups excluding carboxylic acids is 2. The number of aromatic nitrogens is 2. The third kappa shape index (κ3) is 6.79. The van der Waals surface area contributed by atoms with Crippen molar-refractivity contribution in [1.82, 2.24) is 20.4 Å². The van der Waals surface area contributed by atoms with Crippen molar-refractivity contribution in [3.05, 3.63) is 34.3 Å². The molecule has 156 valence electrons. The number of hydrogen-bond donors (Lipinski definition) is 2. The number of carbonyl (C=O) groups is 2. The van der Waals surface area contributed by atoms with Gasteiger partial charge in [0, 0.05) is 25.1 Å². The fourth-order valence-electron chi connectivity index (χ4n) is 3.15. The Balaban J connectivity index is 1.36. The Morgan fingerprint density at radius 2 is 1.93 bits per heavy atom. The first kappa shape index (κ1) is 21.2. The van der Waals surface area contributed by atoms with E-state index in [1.165, 1.54) is 37.3 Å². The highest BCUT2D eigenvalue weighted by Gasteiger charge is 2.14. The Kier molecular flexibility index (Phi) is 7.94. The summed E-state index contributed by atoms with van der Waals surface area (Å²) in [5.74, 6) is 0.409. The zero-order valence-electron chi connectivity index (χ0n) is 16.6. The summed E-state index contributed by atoms with van der Waals surface area (Å²) in [6.07, 6.45) is 4.37. The number of nitrogens with one attached hydrogen (secondary N) is 2. The number of nitrogens with zero attached hydrogens (tertiary/aromatic N) is 3. The molecule has 0 aliphatic carbocycles.